The van der Waals surface area contributed by atoms with E-state index in [1.165, 1.54) is 0 Å². The monoisotopic (exact) mass is 332 g/mol. The van der Waals surface area contributed by atoms with Gasteiger partial charge in [-0.3, -0.25) is 0 Å². The Hall–Kier alpha value is -3.27. The lowest BCUT2D eigenvalue weighted by molar-refractivity contribution is 0.138. The molecule has 126 valence electrons. The van der Waals surface area contributed by atoms with Gasteiger partial charge >= 0.3 is 6.03 Å². The Kier molecular flexibility index (Phi) is 5.67. The SMILES string of the molecule is O=C(NOc1ccccc1)N(Cc1ccccc1)Cc1ccccc1. The quantitative estimate of drug-likeness (QED) is 0.680. The van der Waals surface area contributed by atoms with Crippen LogP contribution in [0.4, 0.5) is 4.79 Å². The topological polar surface area (TPSA) is 41.6 Å². The summed E-state index contributed by atoms with van der Waals surface area (Å²) in [5.41, 5.74) is 4.65. The molecule has 4 nitrogen and oxygen atoms in total. The van der Waals surface area contributed by atoms with Crippen LogP contribution in [0.15, 0.2) is 91.0 Å². The highest BCUT2D eigenvalue weighted by Crippen LogP contribution is 2.11. The molecule has 3 aromatic carbocycles. The van der Waals surface area contributed by atoms with Crippen molar-refractivity contribution in [3.05, 3.63) is 102 Å². The first-order valence-corrected chi connectivity index (χ1v) is 8.16. The Balaban J connectivity index is 1.69. The van der Waals surface area contributed by atoms with Crippen molar-refractivity contribution in [2.45, 2.75) is 13.1 Å². The minimum absolute atomic E-state index is 0.281. The minimum atomic E-state index is -0.281. The molecule has 25 heavy (non-hydrogen) atoms. The molecule has 0 aromatic heterocycles. The van der Waals surface area contributed by atoms with E-state index in [9.17, 15) is 4.79 Å². The number of benzene rings is 3. The van der Waals surface area contributed by atoms with Crippen LogP contribution >= 0.6 is 0 Å². The van der Waals surface area contributed by atoms with Gasteiger partial charge in [-0.1, -0.05) is 78.9 Å². The van der Waals surface area contributed by atoms with Gasteiger partial charge in [0.25, 0.3) is 0 Å². The molecule has 0 aliphatic carbocycles. The average Bonchev–Trinajstić information content (AvgIpc) is 2.68. The standard InChI is InChI=1S/C21H20N2O2/c24-21(22-25-20-14-8-3-9-15-20)23(16-18-10-4-1-5-11-18)17-19-12-6-2-7-13-19/h1-15H,16-17H2,(H,22,24). The zero-order valence-electron chi connectivity index (χ0n) is 13.8. The third-order valence-corrected chi connectivity index (χ3v) is 3.72. The Morgan fingerprint density at radius 2 is 1.16 bits per heavy atom. The third kappa shape index (κ3) is 5.11. The summed E-state index contributed by atoms with van der Waals surface area (Å²) in [6.07, 6.45) is 0. The summed E-state index contributed by atoms with van der Waals surface area (Å²) in [4.78, 5) is 19.7. The molecule has 0 radical (unpaired) electrons. The first-order valence-electron chi connectivity index (χ1n) is 8.16. The van der Waals surface area contributed by atoms with Crippen molar-refractivity contribution in [2.75, 3.05) is 0 Å². The molecule has 4 heteroatoms. The fourth-order valence-electron chi connectivity index (χ4n) is 2.46. The number of nitrogens with one attached hydrogen (secondary N) is 1. The van der Waals surface area contributed by atoms with Crippen LogP contribution in [0.5, 0.6) is 5.75 Å². The lowest BCUT2D eigenvalue weighted by Crippen LogP contribution is -2.40. The molecule has 1 N–H and O–H groups in total. The van der Waals surface area contributed by atoms with Gasteiger partial charge in [-0.15, -0.1) is 0 Å². The van der Waals surface area contributed by atoms with E-state index in [1.54, 1.807) is 17.0 Å². The highest BCUT2D eigenvalue weighted by molar-refractivity contribution is 5.73. The fraction of sp³-hybridized carbons (Fsp3) is 0.0952. The molecular formula is C21H20N2O2. The van der Waals surface area contributed by atoms with E-state index in [-0.39, 0.29) is 6.03 Å². The van der Waals surface area contributed by atoms with E-state index in [1.807, 2.05) is 78.9 Å². The van der Waals surface area contributed by atoms with Gasteiger partial charge in [0.2, 0.25) is 0 Å². The molecule has 0 unspecified atom stereocenters. The van der Waals surface area contributed by atoms with Crippen molar-refractivity contribution in [3.8, 4) is 5.75 Å². The van der Waals surface area contributed by atoms with Crippen LogP contribution in [-0.4, -0.2) is 10.9 Å². The summed E-state index contributed by atoms with van der Waals surface area (Å²) in [5, 5.41) is 0. The molecule has 0 fully saturated rings. The summed E-state index contributed by atoms with van der Waals surface area (Å²) in [6.45, 7) is 0.999. The fourth-order valence-corrected chi connectivity index (χ4v) is 2.46. The maximum atomic E-state index is 12.6. The highest BCUT2D eigenvalue weighted by atomic mass is 16.7. The largest absolute Gasteiger partial charge is 0.378 e. The van der Waals surface area contributed by atoms with Crippen LogP contribution in [0.25, 0.3) is 0 Å². The number of hydrogen-bond donors (Lipinski definition) is 1. The molecule has 0 atom stereocenters. The summed E-state index contributed by atoms with van der Waals surface area (Å²) in [6, 6.07) is 28.7. The van der Waals surface area contributed by atoms with E-state index in [0.29, 0.717) is 18.8 Å². The van der Waals surface area contributed by atoms with Gasteiger partial charge in [0.15, 0.2) is 5.75 Å². The number of para-hydroxylation sites is 1. The molecule has 3 rings (SSSR count). The van der Waals surface area contributed by atoms with Crippen molar-refractivity contribution < 1.29 is 9.63 Å². The smallest absolute Gasteiger partial charge is 0.351 e. The second-order valence-corrected chi connectivity index (χ2v) is 5.65. The van der Waals surface area contributed by atoms with Crippen LogP contribution in [0.1, 0.15) is 11.1 Å². The number of carbonyl (C=O) groups is 1. The maximum Gasteiger partial charge on any atom is 0.351 e. The number of hydroxylamine groups is 1. The van der Waals surface area contributed by atoms with Crippen molar-refractivity contribution in [2.24, 2.45) is 0 Å². The molecule has 0 spiro atoms. The maximum absolute atomic E-state index is 12.6. The van der Waals surface area contributed by atoms with Crippen LogP contribution in [0.2, 0.25) is 0 Å². The van der Waals surface area contributed by atoms with Gasteiger partial charge in [0.05, 0.1) is 0 Å². The predicted octanol–water partition coefficient (Wildman–Crippen LogP) is 4.39. The Bertz CT molecular complexity index is 735. The van der Waals surface area contributed by atoms with Crippen LogP contribution in [0, 0.1) is 0 Å². The van der Waals surface area contributed by atoms with Gasteiger partial charge in [0.1, 0.15) is 0 Å². The van der Waals surface area contributed by atoms with Gasteiger partial charge in [0, 0.05) is 13.1 Å². The first-order chi connectivity index (χ1) is 12.3. The Morgan fingerprint density at radius 1 is 0.720 bits per heavy atom. The van der Waals surface area contributed by atoms with Crippen LogP contribution in [-0.2, 0) is 13.1 Å². The number of hydrogen-bond acceptors (Lipinski definition) is 2. The lowest BCUT2D eigenvalue weighted by atomic mass is 10.2. The molecule has 0 saturated heterocycles. The third-order valence-electron chi connectivity index (χ3n) is 3.72. The van der Waals surface area contributed by atoms with Crippen molar-refractivity contribution in [3.63, 3.8) is 0 Å². The summed E-state index contributed by atoms with van der Waals surface area (Å²) in [5.74, 6) is 0.593. The lowest BCUT2D eigenvalue weighted by Gasteiger charge is -2.23. The van der Waals surface area contributed by atoms with Gasteiger partial charge < -0.3 is 9.74 Å². The molecule has 0 saturated carbocycles. The summed E-state index contributed by atoms with van der Waals surface area (Å²) in [7, 11) is 0. The second-order valence-electron chi connectivity index (χ2n) is 5.65. The Morgan fingerprint density at radius 3 is 1.64 bits per heavy atom. The molecule has 0 aliphatic rings. The zero-order valence-corrected chi connectivity index (χ0v) is 13.8. The molecular weight excluding hydrogens is 312 g/mol. The van der Waals surface area contributed by atoms with Crippen LogP contribution < -0.4 is 10.3 Å². The van der Waals surface area contributed by atoms with E-state index < -0.39 is 0 Å². The van der Waals surface area contributed by atoms with Crippen molar-refractivity contribution >= 4 is 6.03 Å². The van der Waals surface area contributed by atoms with E-state index in [4.69, 9.17) is 4.84 Å². The molecule has 0 heterocycles. The summed E-state index contributed by atoms with van der Waals surface area (Å²) < 4.78 is 0. The van der Waals surface area contributed by atoms with E-state index >= 15 is 0 Å². The number of carbonyl (C=O) groups excluding carboxylic acids is 1. The van der Waals surface area contributed by atoms with Gasteiger partial charge in [-0.25, -0.2) is 4.79 Å². The van der Waals surface area contributed by atoms with Crippen LogP contribution in [0.3, 0.4) is 0 Å². The van der Waals surface area contributed by atoms with E-state index in [0.717, 1.165) is 11.1 Å². The number of rotatable bonds is 6. The predicted molar refractivity (Wildman–Crippen MR) is 97.7 cm³/mol. The van der Waals surface area contributed by atoms with Gasteiger partial charge in [-0.05, 0) is 23.3 Å². The average molecular weight is 332 g/mol. The molecule has 3 aromatic rings. The highest BCUT2D eigenvalue weighted by Gasteiger charge is 2.15. The van der Waals surface area contributed by atoms with Crippen molar-refractivity contribution in [1.29, 1.82) is 0 Å². The minimum Gasteiger partial charge on any atom is -0.378 e. The first kappa shape index (κ1) is 16.6. The molecule has 2 amide bonds. The number of amides is 2. The summed E-state index contributed by atoms with van der Waals surface area (Å²) >= 11 is 0. The normalized spacial score (nSPS) is 10.1. The van der Waals surface area contributed by atoms with Crippen molar-refractivity contribution in [1.82, 2.24) is 10.4 Å². The Labute approximate surface area is 147 Å². The second kappa shape index (κ2) is 8.55. The number of urea groups is 1. The van der Waals surface area contributed by atoms with E-state index in [2.05, 4.69) is 5.48 Å². The molecule has 0 aliphatic heterocycles. The molecule has 0 bridgehead atoms. The van der Waals surface area contributed by atoms with Gasteiger partial charge in [-0.2, -0.15) is 5.48 Å². The number of nitrogens with zero attached hydrogens (tertiary/aromatic N) is 1. The zero-order chi connectivity index (χ0) is 17.3.